The number of azide groups is 1. The molecule has 0 bridgehead atoms. The molecule has 1 fully saturated rings. The van der Waals surface area contributed by atoms with Gasteiger partial charge in [-0.3, -0.25) is 4.79 Å². The third kappa shape index (κ3) is 5.89. The lowest BCUT2D eigenvalue weighted by atomic mass is 9.85. The van der Waals surface area contributed by atoms with E-state index in [0.717, 1.165) is 19.3 Å². The lowest BCUT2D eigenvalue weighted by Crippen LogP contribution is -2.29. The predicted octanol–water partition coefficient (Wildman–Crippen LogP) is 3.31. The van der Waals surface area contributed by atoms with E-state index in [1.807, 2.05) is 0 Å². The van der Waals surface area contributed by atoms with Crippen LogP contribution in [-0.4, -0.2) is 28.3 Å². The predicted molar refractivity (Wildman–Crippen MR) is 71.0 cm³/mol. The Morgan fingerprint density at radius 3 is 2.61 bits per heavy atom. The van der Waals surface area contributed by atoms with Crippen LogP contribution in [-0.2, 0) is 4.79 Å². The van der Waals surface area contributed by atoms with Crippen molar-refractivity contribution in [3.63, 3.8) is 0 Å². The number of aliphatic hydroxyl groups is 1. The van der Waals surface area contributed by atoms with Crippen LogP contribution in [0.5, 0.6) is 0 Å². The average molecular weight is 258 g/mol. The molecule has 0 heterocycles. The fourth-order valence-electron chi connectivity index (χ4n) is 2.02. The van der Waals surface area contributed by atoms with Crippen molar-refractivity contribution in [1.82, 2.24) is 0 Å². The maximum Gasteiger partial charge on any atom is 0.313 e. The van der Waals surface area contributed by atoms with E-state index >= 15 is 0 Å². The quantitative estimate of drug-likeness (QED) is 0.460. The van der Waals surface area contributed by atoms with Crippen molar-refractivity contribution < 1.29 is 15.0 Å². The second kappa shape index (κ2) is 9.74. The Labute approximate surface area is 109 Å². The molecule has 105 valence electrons. The Balaban J connectivity index is 0. The highest BCUT2D eigenvalue weighted by Crippen LogP contribution is 2.28. The Kier molecular flexibility index (Phi) is 10.3. The van der Waals surface area contributed by atoms with Gasteiger partial charge in [-0.25, -0.2) is 0 Å². The van der Waals surface area contributed by atoms with Gasteiger partial charge in [0.15, 0.2) is 0 Å². The summed E-state index contributed by atoms with van der Waals surface area (Å²) in [4.78, 5) is 13.5. The third-order valence-electron chi connectivity index (χ3n) is 2.82. The molecule has 0 saturated heterocycles. The van der Waals surface area contributed by atoms with Gasteiger partial charge in [0.1, 0.15) is 6.04 Å². The molecule has 2 N–H and O–H groups in total. The van der Waals surface area contributed by atoms with E-state index in [1.165, 1.54) is 0 Å². The van der Waals surface area contributed by atoms with Crippen molar-refractivity contribution in [2.75, 3.05) is 0 Å². The van der Waals surface area contributed by atoms with Gasteiger partial charge in [0.05, 0.1) is 6.10 Å². The molecule has 18 heavy (non-hydrogen) atoms. The fraction of sp³-hybridized carbons (Fsp3) is 0.833. The maximum absolute atomic E-state index is 10.9. The van der Waals surface area contributed by atoms with Gasteiger partial charge in [-0.15, -0.1) is 0 Å². The first-order valence-corrected chi connectivity index (χ1v) is 5.45. The minimum absolute atomic E-state index is 0. The molecule has 0 aliphatic heterocycles. The van der Waals surface area contributed by atoms with Crippen LogP contribution >= 0.6 is 0 Å². The highest BCUT2D eigenvalue weighted by molar-refractivity contribution is 5.76. The van der Waals surface area contributed by atoms with E-state index < -0.39 is 18.1 Å². The minimum atomic E-state index is -1.14. The number of aliphatic hydroxyl groups excluding tert-OH is 1. The first kappa shape index (κ1) is 19.1. The molecule has 1 aliphatic rings. The molecule has 1 saturated carbocycles. The molecule has 0 aromatic rings. The van der Waals surface area contributed by atoms with Gasteiger partial charge >= 0.3 is 5.97 Å². The molecule has 1 radical (unpaired) electrons. The molecule has 0 aromatic heterocycles. The van der Waals surface area contributed by atoms with E-state index in [9.17, 15) is 9.90 Å². The number of nitrogens with zero attached hydrogens (tertiary/aromatic N) is 3. The van der Waals surface area contributed by atoms with E-state index in [-0.39, 0.29) is 14.9 Å². The second-order valence-corrected chi connectivity index (χ2v) is 4.06. The zero-order valence-corrected chi connectivity index (χ0v) is 9.04. The van der Waals surface area contributed by atoms with Gasteiger partial charge in [-0.2, -0.15) is 0 Å². The van der Waals surface area contributed by atoms with Crippen LogP contribution in [0.1, 0.15) is 53.4 Å². The van der Waals surface area contributed by atoms with Crippen molar-refractivity contribution in [1.29, 1.82) is 0 Å². The SMILES string of the molecule is C.C.[N-]=[N+]=NC([C]1CCCCCC(O)C1)C(=O)O. The van der Waals surface area contributed by atoms with Crippen molar-refractivity contribution in [2.45, 2.75) is 65.5 Å². The molecule has 6 heteroatoms. The summed E-state index contributed by atoms with van der Waals surface area (Å²) >= 11 is 0. The molecule has 0 spiro atoms. The van der Waals surface area contributed by atoms with E-state index in [4.69, 9.17) is 10.6 Å². The van der Waals surface area contributed by atoms with Gasteiger partial charge in [-0.1, -0.05) is 39.2 Å². The van der Waals surface area contributed by atoms with E-state index in [1.54, 1.807) is 0 Å². The highest BCUT2D eigenvalue weighted by atomic mass is 16.4. The van der Waals surface area contributed by atoms with Crippen LogP contribution in [0.4, 0.5) is 0 Å². The molecule has 2 atom stereocenters. The van der Waals surface area contributed by atoms with Gasteiger partial charge in [0.25, 0.3) is 0 Å². The van der Waals surface area contributed by atoms with Gasteiger partial charge in [-0.05, 0) is 30.7 Å². The number of rotatable bonds is 3. The Morgan fingerprint density at radius 2 is 2.06 bits per heavy atom. The molecular weight excluding hydrogens is 234 g/mol. The lowest BCUT2D eigenvalue weighted by Gasteiger charge is -2.25. The number of carbonyl (C=O) groups is 1. The van der Waals surface area contributed by atoms with Crippen LogP contribution in [0.3, 0.4) is 0 Å². The zero-order valence-electron chi connectivity index (χ0n) is 9.04. The van der Waals surface area contributed by atoms with Crippen LogP contribution in [0, 0.1) is 5.92 Å². The third-order valence-corrected chi connectivity index (χ3v) is 2.82. The van der Waals surface area contributed by atoms with E-state index in [2.05, 4.69) is 10.0 Å². The zero-order chi connectivity index (χ0) is 12.0. The highest BCUT2D eigenvalue weighted by Gasteiger charge is 2.30. The number of carboxylic acids is 1. The van der Waals surface area contributed by atoms with Crippen molar-refractivity contribution in [3.05, 3.63) is 16.4 Å². The van der Waals surface area contributed by atoms with Crippen molar-refractivity contribution in [2.24, 2.45) is 5.11 Å². The summed E-state index contributed by atoms with van der Waals surface area (Å²) in [5, 5.41) is 21.9. The maximum atomic E-state index is 10.9. The van der Waals surface area contributed by atoms with Crippen LogP contribution in [0.2, 0.25) is 0 Å². The number of hydrogen-bond donors (Lipinski definition) is 2. The van der Waals surface area contributed by atoms with Gasteiger partial charge in [0, 0.05) is 4.91 Å². The minimum Gasteiger partial charge on any atom is -0.481 e. The Bertz CT molecular complexity index is 288. The summed E-state index contributed by atoms with van der Waals surface area (Å²) in [5.41, 5.74) is 8.33. The molecule has 1 aliphatic carbocycles. The smallest absolute Gasteiger partial charge is 0.313 e. The number of aliphatic carboxylic acids is 1. The topological polar surface area (TPSA) is 106 Å². The van der Waals surface area contributed by atoms with E-state index in [0.29, 0.717) is 25.2 Å². The van der Waals surface area contributed by atoms with Crippen LogP contribution in [0.25, 0.3) is 10.4 Å². The van der Waals surface area contributed by atoms with Crippen molar-refractivity contribution in [3.8, 4) is 0 Å². The molecule has 0 aromatic carbocycles. The Morgan fingerprint density at radius 1 is 1.39 bits per heavy atom. The standard InChI is InChI=1S/C10H16N3O3.2CH4/c11-13-12-9(10(15)16)7-4-2-1-3-5-8(14)6-7;;/h8-9,14H,1-6H2,(H,15,16);2*1H4. The number of hydrogen-bond acceptors (Lipinski definition) is 3. The first-order valence-electron chi connectivity index (χ1n) is 5.45. The van der Waals surface area contributed by atoms with Crippen molar-refractivity contribution >= 4 is 5.97 Å². The fourth-order valence-corrected chi connectivity index (χ4v) is 2.02. The molecule has 1 rings (SSSR count). The summed E-state index contributed by atoms with van der Waals surface area (Å²) in [6, 6.07) is -1.13. The monoisotopic (exact) mass is 258 g/mol. The lowest BCUT2D eigenvalue weighted by molar-refractivity contribution is -0.138. The van der Waals surface area contributed by atoms with Crippen LogP contribution < -0.4 is 0 Å². The normalized spacial score (nSPS) is 22.2. The summed E-state index contributed by atoms with van der Waals surface area (Å²) in [5.74, 6) is -0.502. The van der Waals surface area contributed by atoms with Gasteiger partial charge in [0.2, 0.25) is 0 Å². The molecule has 2 unspecified atom stereocenters. The summed E-state index contributed by atoms with van der Waals surface area (Å²) in [6.45, 7) is 0. The average Bonchev–Trinajstić information content (AvgIpc) is 2.20. The molecule has 0 amide bonds. The largest absolute Gasteiger partial charge is 0.481 e. The summed E-state index contributed by atoms with van der Waals surface area (Å²) in [7, 11) is 0. The summed E-state index contributed by atoms with van der Waals surface area (Å²) in [6.07, 6.45) is 3.96. The van der Waals surface area contributed by atoms with Gasteiger partial charge < -0.3 is 10.2 Å². The molecule has 6 nitrogen and oxygen atoms in total. The number of carboxylic acid groups (broad SMARTS) is 1. The first-order chi connectivity index (χ1) is 7.65. The second-order valence-electron chi connectivity index (χ2n) is 4.06. The molecular formula is C12H24N3O3. The summed E-state index contributed by atoms with van der Waals surface area (Å²) < 4.78 is 0. The van der Waals surface area contributed by atoms with Crippen LogP contribution in [0.15, 0.2) is 5.11 Å². The Hall–Kier alpha value is -1.26.